The van der Waals surface area contributed by atoms with Gasteiger partial charge in [-0.15, -0.1) is 10.2 Å². The highest BCUT2D eigenvalue weighted by molar-refractivity contribution is 6.39. The molecule has 2 N–H and O–H groups in total. The summed E-state index contributed by atoms with van der Waals surface area (Å²) in [4.78, 5) is 37.1. The number of aliphatic imine (C=N–C) groups is 1. The van der Waals surface area contributed by atoms with Crippen LogP contribution in [0.3, 0.4) is 0 Å². The van der Waals surface area contributed by atoms with Gasteiger partial charge in [0.2, 0.25) is 0 Å². The Kier molecular flexibility index (Phi) is 8.99. The molecule has 2 fully saturated rings. The zero-order valence-corrected chi connectivity index (χ0v) is 26.0. The van der Waals surface area contributed by atoms with Crippen molar-refractivity contribution in [1.29, 1.82) is 0 Å². The molecule has 1 saturated carbocycles. The second-order valence-electron chi connectivity index (χ2n) is 13.7. The Bertz CT molecular complexity index is 1230. The van der Waals surface area contributed by atoms with Crippen molar-refractivity contribution < 1.29 is 9.59 Å². The van der Waals surface area contributed by atoms with Gasteiger partial charge in [-0.25, -0.2) is 4.99 Å². The molecule has 3 heterocycles. The number of hydrogen-bond donors (Lipinski definition) is 2. The van der Waals surface area contributed by atoms with E-state index in [1.165, 1.54) is 0 Å². The number of aromatic amines is 1. The maximum absolute atomic E-state index is 14.5. The molecule has 1 aromatic heterocycles. The standard InChI is InChI=1S/C32H48N8O2/c1-6-7-8-26(23-9-11-24(12-10-23)29(41)33-21-27-35-37-38-36-27)40-30(42)28(39-19-15-22(2)16-20-39)34-32(40)17-13-25(14-18-32)31(3,4)5/h9-12,22,25-26H,6-8,13-21H2,1-5H3,(H,33,41)(H,35,36,37,38)/t25?,26-,32?/m1/s1. The fraction of sp³-hybridized carbons (Fsp3) is 0.688. The van der Waals surface area contributed by atoms with Crippen LogP contribution in [0.1, 0.15) is 120 Å². The molecule has 1 aliphatic carbocycles. The number of unbranched alkanes of at least 4 members (excludes halogenated alkanes) is 1. The van der Waals surface area contributed by atoms with E-state index in [2.05, 4.69) is 70.4 Å². The van der Waals surface area contributed by atoms with Gasteiger partial charge in [0.25, 0.3) is 11.8 Å². The molecule has 10 nitrogen and oxygen atoms in total. The Morgan fingerprint density at radius 1 is 1.12 bits per heavy atom. The summed E-state index contributed by atoms with van der Waals surface area (Å²) < 4.78 is 0. The third-order valence-electron chi connectivity index (χ3n) is 9.76. The van der Waals surface area contributed by atoms with Crippen molar-refractivity contribution in [2.45, 2.75) is 111 Å². The molecule has 228 valence electrons. The number of rotatable bonds is 8. The van der Waals surface area contributed by atoms with Crippen LogP contribution in [0.15, 0.2) is 29.3 Å². The Morgan fingerprint density at radius 2 is 1.81 bits per heavy atom. The molecular formula is C32H48N8O2. The number of amides is 2. The van der Waals surface area contributed by atoms with Crippen LogP contribution in [0, 0.1) is 17.3 Å². The van der Waals surface area contributed by atoms with Crippen LogP contribution >= 0.6 is 0 Å². The van der Waals surface area contributed by atoms with Crippen LogP contribution in [0.4, 0.5) is 0 Å². The summed E-state index contributed by atoms with van der Waals surface area (Å²) in [6.45, 7) is 13.5. The van der Waals surface area contributed by atoms with Gasteiger partial charge < -0.3 is 15.1 Å². The predicted octanol–water partition coefficient (Wildman–Crippen LogP) is 5.27. The van der Waals surface area contributed by atoms with E-state index in [0.717, 1.165) is 76.4 Å². The number of nitrogens with zero attached hydrogens (tertiary/aromatic N) is 6. The summed E-state index contributed by atoms with van der Waals surface area (Å²) in [5.41, 5.74) is 1.36. The van der Waals surface area contributed by atoms with E-state index < -0.39 is 5.66 Å². The van der Waals surface area contributed by atoms with Crippen LogP contribution in [0.5, 0.6) is 0 Å². The molecule has 0 bridgehead atoms. The molecule has 2 aliphatic heterocycles. The molecule has 42 heavy (non-hydrogen) atoms. The molecule has 0 radical (unpaired) electrons. The summed E-state index contributed by atoms with van der Waals surface area (Å²) in [5.74, 6) is 2.30. The molecule has 1 atom stereocenters. The van der Waals surface area contributed by atoms with E-state index in [-0.39, 0.29) is 29.8 Å². The largest absolute Gasteiger partial charge is 0.352 e. The second-order valence-corrected chi connectivity index (χ2v) is 13.7. The van der Waals surface area contributed by atoms with Gasteiger partial charge in [0, 0.05) is 18.7 Å². The monoisotopic (exact) mass is 576 g/mol. The maximum atomic E-state index is 14.5. The number of carbonyl (C=O) groups excluding carboxylic acids is 2. The summed E-state index contributed by atoms with van der Waals surface area (Å²) >= 11 is 0. The maximum Gasteiger partial charge on any atom is 0.291 e. The molecule has 1 aromatic carbocycles. The third-order valence-corrected chi connectivity index (χ3v) is 9.76. The Labute approximate surface area is 250 Å². The van der Waals surface area contributed by atoms with Crippen molar-refractivity contribution in [3.63, 3.8) is 0 Å². The Morgan fingerprint density at radius 3 is 2.40 bits per heavy atom. The van der Waals surface area contributed by atoms with Gasteiger partial charge in [0.15, 0.2) is 11.7 Å². The average molecular weight is 577 g/mol. The van der Waals surface area contributed by atoms with E-state index in [9.17, 15) is 9.59 Å². The highest BCUT2D eigenvalue weighted by Crippen LogP contribution is 2.49. The number of carbonyl (C=O) groups is 2. The lowest BCUT2D eigenvalue weighted by Crippen LogP contribution is -2.52. The lowest BCUT2D eigenvalue weighted by Gasteiger charge is -2.47. The van der Waals surface area contributed by atoms with Crippen molar-refractivity contribution in [3.05, 3.63) is 41.2 Å². The summed E-state index contributed by atoms with van der Waals surface area (Å²) in [5, 5.41) is 16.5. The van der Waals surface area contributed by atoms with Crippen molar-refractivity contribution >= 4 is 17.6 Å². The number of nitrogens with one attached hydrogen (secondary N) is 2. The van der Waals surface area contributed by atoms with E-state index in [1.807, 2.05) is 24.3 Å². The van der Waals surface area contributed by atoms with Crippen LogP contribution in [-0.2, 0) is 11.3 Å². The molecule has 5 rings (SSSR count). The van der Waals surface area contributed by atoms with Gasteiger partial charge in [-0.2, -0.15) is 5.21 Å². The van der Waals surface area contributed by atoms with Crippen molar-refractivity contribution in [2.75, 3.05) is 13.1 Å². The van der Waals surface area contributed by atoms with Crippen molar-refractivity contribution in [3.8, 4) is 0 Å². The van der Waals surface area contributed by atoms with Gasteiger partial charge in [-0.05, 0) is 79.9 Å². The van der Waals surface area contributed by atoms with Crippen LogP contribution in [-0.4, -0.2) is 66.8 Å². The first kappa shape index (κ1) is 30.2. The van der Waals surface area contributed by atoms with Crippen LogP contribution in [0.2, 0.25) is 0 Å². The molecule has 1 saturated heterocycles. The van der Waals surface area contributed by atoms with E-state index in [1.54, 1.807) is 0 Å². The molecule has 1 spiro atoms. The second kappa shape index (κ2) is 12.5. The zero-order valence-electron chi connectivity index (χ0n) is 26.0. The first-order valence-corrected chi connectivity index (χ1v) is 15.9. The number of piperidine rings is 1. The van der Waals surface area contributed by atoms with Crippen LogP contribution in [0.25, 0.3) is 0 Å². The van der Waals surface area contributed by atoms with E-state index >= 15 is 0 Å². The molecule has 3 aliphatic rings. The number of likely N-dealkylation sites (tertiary alicyclic amines) is 1. The molecule has 2 amide bonds. The number of amidine groups is 1. The summed E-state index contributed by atoms with van der Waals surface area (Å²) in [6.07, 6.45) is 9.06. The number of H-pyrrole nitrogens is 1. The Hall–Kier alpha value is -3.30. The van der Waals surface area contributed by atoms with Gasteiger partial charge in [0.1, 0.15) is 5.66 Å². The normalized spacial score (nSPS) is 24.3. The van der Waals surface area contributed by atoms with Crippen molar-refractivity contribution in [1.82, 2.24) is 35.7 Å². The van der Waals surface area contributed by atoms with E-state index in [4.69, 9.17) is 4.99 Å². The highest BCUT2D eigenvalue weighted by Gasteiger charge is 2.53. The predicted molar refractivity (Wildman–Crippen MR) is 162 cm³/mol. The van der Waals surface area contributed by atoms with Gasteiger partial charge in [-0.3, -0.25) is 9.59 Å². The smallest absolute Gasteiger partial charge is 0.291 e. The number of hydrogen-bond acceptors (Lipinski definition) is 7. The van der Waals surface area contributed by atoms with Crippen molar-refractivity contribution in [2.24, 2.45) is 22.2 Å². The first-order chi connectivity index (χ1) is 20.1. The highest BCUT2D eigenvalue weighted by atomic mass is 16.2. The fourth-order valence-corrected chi connectivity index (χ4v) is 6.97. The minimum Gasteiger partial charge on any atom is -0.352 e. The Balaban J connectivity index is 1.42. The number of benzene rings is 1. The van der Waals surface area contributed by atoms with Gasteiger partial charge in [0.05, 0.1) is 12.6 Å². The molecule has 0 unspecified atom stereocenters. The van der Waals surface area contributed by atoms with Gasteiger partial charge in [-0.1, -0.05) is 64.8 Å². The fourth-order valence-electron chi connectivity index (χ4n) is 6.97. The van der Waals surface area contributed by atoms with Gasteiger partial charge >= 0.3 is 0 Å². The molecule has 2 aromatic rings. The number of tetrazole rings is 1. The SMILES string of the molecule is CCCC[C@H](c1ccc(C(=O)NCc2nn[nH]n2)cc1)N1C(=O)C(N2CCC(C)CC2)=NC12CCC(C(C)(C)C)CC2. The molecule has 10 heteroatoms. The summed E-state index contributed by atoms with van der Waals surface area (Å²) in [7, 11) is 0. The van der Waals surface area contributed by atoms with Crippen LogP contribution < -0.4 is 5.32 Å². The topological polar surface area (TPSA) is 119 Å². The quantitative estimate of drug-likeness (QED) is 0.442. The summed E-state index contributed by atoms with van der Waals surface area (Å²) in [6, 6.07) is 7.66. The average Bonchev–Trinajstić information content (AvgIpc) is 3.59. The first-order valence-electron chi connectivity index (χ1n) is 15.9. The minimum absolute atomic E-state index is 0.0850. The minimum atomic E-state index is -0.504. The third kappa shape index (κ3) is 6.37. The van der Waals surface area contributed by atoms with E-state index in [0.29, 0.717) is 29.1 Å². The lowest BCUT2D eigenvalue weighted by molar-refractivity contribution is -0.134. The lowest BCUT2D eigenvalue weighted by atomic mass is 9.69. The number of aromatic nitrogens is 4. The molecular weight excluding hydrogens is 528 g/mol. The zero-order chi connectivity index (χ0) is 29.9.